The second-order valence-electron chi connectivity index (χ2n) is 2.73. The summed E-state index contributed by atoms with van der Waals surface area (Å²) in [6.07, 6.45) is 1.02. The van der Waals surface area contributed by atoms with Gasteiger partial charge in [-0.2, -0.15) is 0 Å². The van der Waals surface area contributed by atoms with Gasteiger partial charge in [0.1, 0.15) is 0 Å². The molecule has 1 amide bonds. The maximum absolute atomic E-state index is 10.5. The Bertz CT molecular complexity index is 127. The van der Waals surface area contributed by atoms with Gasteiger partial charge in [0.2, 0.25) is 5.91 Å². The van der Waals surface area contributed by atoms with Crippen LogP contribution in [0.25, 0.3) is 0 Å². The highest BCUT2D eigenvalue weighted by Gasteiger charge is 2.08. The Hall–Kier alpha value is -0.610. The van der Waals surface area contributed by atoms with E-state index in [1.807, 2.05) is 6.92 Å². The van der Waals surface area contributed by atoms with Gasteiger partial charge < -0.3 is 16.8 Å². The monoisotopic (exact) mass is 159 g/mol. The molecule has 66 valence electrons. The van der Waals surface area contributed by atoms with Crippen molar-refractivity contribution in [2.45, 2.75) is 32.4 Å². The quantitative estimate of drug-likeness (QED) is 0.490. The minimum absolute atomic E-state index is 0.389. The smallest absolute Gasteiger partial charge is 0.235 e. The third-order valence-corrected chi connectivity index (χ3v) is 1.66. The van der Waals surface area contributed by atoms with Crippen molar-refractivity contribution in [2.75, 3.05) is 6.54 Å². The van der Waals surface area contributed by atoms with Gasteiger partial charge in [-0.05, 0) is 13.3 Å². The van der Waals surface area contributed by atoms with E-state index in [4.69, 9.17) is 11.5 Å². The molecular weight excluding hydrogens is 142 g/mol. The molecule has 0 radical (unpaired) electrons. The minimum atomic E-state index is -0.566. The second-order valence-corrected chi connectivity index (χ2v) is 2.73. The molecule has 4 nitrogen and oxygen atoms in total. The highest BCUT2D eigenvalue weighted by Crippen LogP contribution is 1.86. The van der Waals surface area contributed by atoms with Gasteiger partial charge in [-0.25, -0.2) is 0 Å². The van der Waals surface area contributed by atoms with Crippen LogP contribution in [-0.4, -0.2) is 24.5 Å². The van der Waals surface area contributed by atoms with Gasteiger partial charge in [0, 0.05) is 12.6 Å². The zero-order valence-corrected chi connectivity index (χ0v) is 7.13. The molecule has 0 aliphatic rings. The zero-order valence-electron chi connectivity index (χ0n) is 7.13. The van der Waals surface area contributed by atoms with Crippen LogP contribution in [0.4, 0.5) is 0 Å². The van der Waals surface area contributed by atoms with E-state index in [0.29, 0.717) is 12.6 Å². The number of nitrogens with two attached hydrogens (primary N) is 2. The van der Waals surface area contributed by atoms with E-state index in [2.05, 4.69) is 12.2 Å². The molecule has 0 aromatic rings. The molecule has 0 aliphatic carbocycles. The Morgan fingerprint density at radius 2 is 2.18 bits per heavy atom. The summed E-state index contributed by atoms with van der Waals surface area (Å²) in [5.74, 6) is -0.458. The lowest BCUT2D eigenvalue weighted by Crippen LogP contribution is -2.46. The van der Waals surface area contributed by atoms with E-state index in [1.54, 1.807) is 0 Å². The molecule has 2 atom stereocenters. The third kappa shape index (κ3) is 4.75. The molecule has 0 bridgehead atoms. The number of amides is 1. The van der Waals surface area contributed by atoms with Crippen LogP contribution in [0, 0.1) is 0 Å². The second kappa shape index (κ2) is 5.09. The first-order valence-electron chi connectivity index (χ1n) is 3.86. The molecule has 0 saturated carbocycles. The largest absolute Gasteiger partial charge is 0.368 e. The number of rotatable bonds is 5. The van der Waals surface area contributed by atoms with Crippen molar-refractivity contribution < 1.29 is 4.79 Å². The maximum Gasteiger partial charge on any atom is 0.235 e. The predicted octanol–water partition coefficient (Wildman–Crippen LogP) is -0.813. The van der Waals surface area contributed by atoms with Crippen molar-refractivity contribution in [2.24, 2.45) is 11.5 Å². The number of carbonyl (C=O) groups excluding carboxylic acids is 1. The molecule has 0 aromatic heterocycles. The fraction of sp³-hybridized carbons (Fsp3) is 0.857. The van der Waals surface area contributed by atoms with Crippen LogP contribution in [0.15, 0.2) is 0 Å². The van der Waals surface area contributed by atoms with Gasteiger partial charge in [-0.3, -0.25) is 4.79 Å². The lowest BCUT2D eigenvalue weighted by Gasteiger charge is -2.13. The van der Waals surface area contributed by atoms with Crippen molar-refractivity contribution in [1.29, 1.82) is 0 Å². The van der Waals surface area contributed by atoms with Crippen molar-refractivity contribution in [3.8, 4) is 0 Å². The molecule has 0 aliphatic heterocycles. The fourth-order valence-corrected chi connectivity index (χ4v) is 0.573. The van der Waals surface area contributed by atoms with Gasteiger partial charge in [0.15, 0.2) is 0 Å². The first-order valence-corrected chi connectivity index (χ1v) is 3.86. The molecule has 0 saturated heterocycles. The Morgan fingerprint density at radius 3 is 2.55 bits per heavy atom. The molecule has 11 heavy (non-hydrogen) atoms. The number of carbonyl (C=O) groups is 1. The van der Waals surface area contributed by atoms with Crippen molar-refractivity contribution in [1.82, 2.24) is 5.32 Å². The first kappa shape index (κ1) is 10.4. The molecule has 0 rings (SSSR count). The average Bonchev–Trinajstić information content (AvgIpc) is 1.99. The van der Waals surface area contributed by atoms with E-state index in [9.17, 15) is 4.79 Å². The van der Waals surface area contributed by atoms with E-state index >= 15 is 0 Å². The normalized spacial score (nSPS) is 15.9. The van der Waals surface area contributed by atoms with E-state index in [1.165, 1.54) is 0 Å². The Morgan fingerprint density at radius 1 is 1.64 bits per heavy atom. The third-order valence-electron chi connectivity index (χ3n) is 1.66. The summed E-state index contributed by atoms with van der Waals surface area (Å²) in [6.45, 7) is 4.56. The molecule has 0 aromatic carbocycles. The average molecular weight is 159 g/mol. The number of nitrogens with one attached hydrogen (secondary N) is 1. The number of primary amides is 1. The summed E-state index contributed by atoms with van der Waals surface area (Å²) in [5.41, 5.74) is 10.3. The number of hydrogen-bond donors (Lipinski definition) is 3. The topological polar surface area (TPSA) is 81.1 Å². The van der Waals surface area contributed by atoms with Crippen molar-refractivity contribution in [3.63, 3.8) is 0 Å². The highest BCUT2D eigenvalue weighted by molar-refractivity contribution is 5.79. The summed E-state index contributed by atoms with van der Waals surface area (Å²) in [6, 6.07) is -0.176. The molecule has 0 heterocycles. The molecule has 2 unspecified atom stereocenters. The Kier molecular flexibility index (Phi) is 4.81. The van der Waals surface area contributed by atoms with Gasteiger partial charge in [-0.1, -0.05) is 6.92 Å². The van der Waals surface area contributed by atoms with E-state index in [-0.39, 0.29) is 0 Å². The Labute approximate surface area is 67.3 Å². The molecular formula is C7H17N3O. The SMILES string of the molecule is CCC(C)NCC(N)C(N)=O. The molecule has 4 heteroatoms. The van der Waals surface area contributed by atoms with Gasteiger partial charge >= 0.3 is 0 Å². The molecule has 5 N–H and O–H groups in total. The predicted molar refractivity (Wildman–Crippen MR) is 44.9 cm³/mol. The summed E-state index contributed by atoms with van der Waals surface area (Å²) in [5, 5.41) is 3.09. The maximum atomic E-state index is 10.5. The van der Waals surface area contributed by atoms with Crippen molar-refractivity contribution in [3.05, 3.63) is 0 Å². The zero-order chi connectivity index (χ0) is 8.85. The van der Waals surface area contributed by atoms with Crippen LogP contribution in [-0.2, 0) is 4.79 Å². The summed E-state index contributed by atoms with van der Waals surface area (Å²) in [4.78, 5) is 10.5. The van der Waals surface area contributed by atoms with Crippen LogP contribution in [0.1, 0.15) is 20.3 Å². The summed E-state index contributed by atoms with van der Waals surface area (Å²) < 4.78 is 0. The van der Waals surface area contributed by atoms with Crippen LogP contribution in [0.5, 0.6) is 0 Å². The van der Waals surface area contributed by atoms with Gasteiger partial charge in [0.25, 0.3) is 0 Å². The minimum Gasteiger partial charge on any atom is -0.368 e. The highest BCUT2D eigenvalue weighted by atomic mass is 16.1. The van der Waals surface area contributed by atoms with E-state index < -0.39 is 11.9 Å². The van der Waals surface area contributed by atoms with Crippen LogP contribution in [0.2, 0.25) is 0 Å². The van der Waals surface area contributed by atoms with E-state index in [0.717, 1.165) is 6.42 Å². The Balaban J connectivity index is 3.45. The van der Waals surface area contributed by atoms with Gasteiger partial charge in [-0.15, -0.1) is 0 Å². The van der Waals surface area contributed by atoms with Crippen LogP contribution >= 0.6 is 0 Å². The van der Waals surface area contributed by atoms with Crippen LogP contribution < -0.4 is 16.8 Å². The van der Waals surface area contributed by atoms with Crippen LogP contribution in [0.3, 0.4) is 0 Å². The van der Waals surface area contributed by atoms with Crippen molar-refractivity contribution >= 4 is 5.91 Å². The lowest BCUT2D eigenvalue weighted by atomic mass is 10.2. The van der Waals surface area contributed by atoms with Gasteiger partial charge in [0.05, 0.1) is 6.04 Å². The lowest BCUT2D eigenvalue weighted by molar-refractivity contribution is -0.119. The first-order chi connectivity index (χ1) is 5.07. The molecule has 0 spiro atoms. The number of hydrogen-bond acceptors (Lipinski definition) is 3. The summed E-state index contributed by atoms with van der Waals surface area (Å²) >= 11 is 0. The molecule has 0 fully saturated rings. The standard InChI is InChI=1S/C7H17N3O/c1-3-5(2)10-4-6(8)7(9)11/h5-6,10H,3-4,8H2,1-2H3,(H2,9,11). The fourth-order valence-electron chi connectivity index (χ4n) is 0.573. The summed E-state index contributed by atoms with van der Waals surface area (Å²) in [7, 11) is 0.